The number of carbonyl (C=O) groups excluding carboxylic acids is 3. The van der Waals surface area contributed by atoms with Crippen LogP contribution in [0.25, 0.3) is 0 Å². The first-order chi connectivity index (χ1) is 11.1. The number of carboxylic acids is 2. The third-order valence-electron chi connectivity index (χ3n) is 2.71. The Kier molecular flexibility index (Phi) is 8.97. The second-order valence-electron chi connectivity index (χ2n) is 4.79. The number of hydrogen-bond acceptors (Lipinski definition) is 7. The van der Waals surface area contributed by atoms with E-state index in [1.807, 2.05) is 5.32 Å². The van der Waals surface area contributed by atoms with Crippen molar-refractivity contribution in [1.29, 1.82) is 0 Å². The highest BCUT2D eigenvalue weighted by molar-refractivity contribution is 5.94. The van der Waals surface area contributed by atoms with E-state index in [9.17, 15) is 24.0 Å². The van der Waals surface area contributed by atoms with E-state index in [1.165, 1.54) is 6.92 Å². The van der Waals surface area contributed by atoms with Gasteiger partial charge in [0.1, 0.15) is 24.7 Å². The number of aliphatic hydroxyl groups excluding tert-OH is 1. The predicted molar refractivity (Wildman–Crippen MR) is 77.5 cm³/mol. The Labute approximate surface area is 136 Å². The van der Waals surface area contributed by atoms with Crippen molar-refractivity contribution in [2.24, 2.45) is 5.73 Å². The topological polar surface area (TPSA) is 208 Å². The molecule has 0 heterocycles. The van der Waals surface area contributed by atoms with Crippen LogP contribution in [0.5, 0.6) is 0 Å². The molecule has 0 aliphatic rings. The fourth-order valence-electron chi connectivity index (χ4n) is 1.44. The summed E-state index contributed by atoms with van der Waals surface area (Å²) in [6.07, 6.45) is -0.784. The number of hydrogen-bond donors (Lipinski definition) is 7. The Hall–Kier alpha value is -2.73. The van der Waals surface area contributed by atoms with E-state index in [0.29, 0.717) is 0 Å². The molecule has 0 saturated heterocycles. The molecule has 3 amide bonds. The second-order valence-corrected chi connectivity index (χ2v) is 4.79. The first kappa shape index (κ1) is 21.3. The van der Waals surface area contributed by atoms with Crippen molar-refractivity contribution in [1.82, 2.24) is 16.0 Å². The Bertz CT molecular complexity index is 509. The van der Waals surface area contributed by atoms with Crippen molar-refractivity contribution < 1.29 is 39.3 Å². The minimum atomic E-state index is -1.53. The molecule has 0 radical (unpaired) electrons. The lowest BCUT2D eigenvalue weighted by atomic mass is 10.1. The number of amides is 3. The van der Waals surface area contributed by atoms with Gasteiger partial charge in [0, 0.05) is 0 Å². The molecule has 24 heavy (non-hydrogen) atoms. The maximum atomic E-state index is 11.9. The fourth-order valence-corrected chi connectivity index (χ4v) is 1.44. The van der Waals surface area contributed by atoms with Gasteiger partial charge in [-0.05, 0) is 6.92 Å². The largest absolute Gasteiger partial charge is 0.481 e. The molecule has 0 aromatic heterocycles. The van der Waals surface area contributed by atoms with Crippen LogP contribution >= 0.6 is 0 Å². The van der Waals surface area contributed by atoms with Crippen molar-refractivity contribution in [3.8, 4) is 0 Å². The third-order valence-corrected chi connectivity index (χ3v) is 2.71. The van der Waals surface area contributed by atoms with Crippen molar-refractivity contribution in [3.63, 3.8) is 0 Å². The summed E-state index contributed by atoms with van der Waals surface area (Å²) in [6, 6.07) is -3.94. The number of nitrogens with two attached hydrogens (primary N) is 1. The van der Waals surface area contributed by atoms with Gasteiger partial charge in [0.05, 0.1) is 13.0 Å². The molecular weight excluding hydrogens is 328 g/mol. The van der Waals surface area contributed by atoms with Gasteiger partial charge in [-0.25, -0.2) is 0 Å². The maximum absolute atomic E-state index is 11.9. The van der Waals surface area contributed by atoms with Crippen LogP contribution in [0.1, 0.15) is 13.3 Å². The smallest absolute Gasteiger partial charge is 0.322 e. The standard InChI is InChI=1S/C12H20N4O8/c1-5(15-11(23)6(13)4-17)10(22)16-7(2-8(18)19)12(24)14-3-9(20)21/h5-7,17H,2-4,13H2,1H3,(H,14,24)(H,15,23)(H,16,22)(H,18,19)(H,20,21). The molecule has 0 saturated carbocycles. The van der Waals surface area contributed by atoms with Crippen LogP contribution in [0, 0.1) is 0 Å². The van der Waals surface area contributed by atoms with Gasteiger partial charge >= 0.3 is 11.9 Å². The molecule has 0 fully saturated rings. The van der Waals surface area contributed by atoms with Gasteiger partial charge < -0.3 is 37.0 Å². The molecule has 0 spiro atoms. The number of carbonyl (C=O) groups is 5. The van der Waals surface area contributed by atoms with Crippen LogP contribution in [-0.2, 0) is 24.0 Å². The van der Waals surface area contributed by atoms with Crippen molar-refractivity contribution in [2.45, 2.75) is 31.5 Å². The summed E-state index contributed by atoms with van der Waals surface area (Å²) in [7, 11) is 0. The number of aliphatic carboxylic acids is 2. The highest BCUT2D eigenvalue weighted by Crippen LogP contribution is 1.95. The van der Waals surface area contributed by atoms with E-state index < -0.39 is 67.4 Å². The summed E-state index contributed by atoms with van der Waals surface area (Å²) >= 11 is 0. The minimum absolute atomic E-state index is 0.639. The van der Waals surface area contributed by atoms with Crippen LogP contribution in [0.15, 0.2) is 0 Å². The third kappa shape index (κ3) is 8.05. The fraction of sp³-hybridized carbons (Fsp3) is 0.583. The van der Waals surface area contributed by atoms with E-state index in [1.54, 1.807) is 0 Å². The molecule has 0 rings (SSSR count). The molecule has 3 atom stereocenters. The van der Waals surface area contributed by atoms with Gasteiger partial charge in [0.25, 0.3) is 0 Å². The zero-order chi connectivity index (χ0) is 18.9. The molecule has 0 aromatic rings. The quantitative estimate of drug-likeness (QED) is 0.205. The van der Waals surface area contributed by atoms with E-state index >= 15 is 0 Å². The Balaban J connectivity index is 4.79. The SMILES string of the molecule is CC(NC(=O)C(N)CO)C(=O)NC(CC(=O)O)C(=O)NCC(=O)O. The first-order valence-corrected chi connectivity index (χ1v) is 6.77. The van der Waals surface area contributed by atoms with Crippen LogP contribution in [0.2, 0.25) is 0 Å². The summed E-state index contributed by atoms with van der Waals surface area (Å²) in [5, 5.41) is 32.2. The highest BCUT2D eigenvalue weighted by atomic mass is 16.4. The van der Waals surface area contributed by atoms with Crippen molar-refractivity contribution >= 4 is 29.7 Å². The molecule has 0 bridgehead atoms. The number of nitrogens with one attached hydrogen (secondary N) is 3. The predicted octanol–water partition coefficient (Wildman–Crippen LogP) is -4.03. The number of rotatable bonds is 10. The zero-order valence-corrected chi connectivity index (χ0v) is 12.8. The van der Waals surface area contributed by atoms with Gasteiger partial charge in [-0.15, -0.1) is 0 Å². The summed E-state index contributed by atoms with van der Waals surface area (Å²) in [5.74, 6) is -5.44. The zero-order valence-electron chi connectivity index (χ0n) is 12.8. The molecule has 3 unspecified atom stereocenters. The van der Waals surface area contributed by atoms with Gasteiger partial charge in [0.15, 0.2) is 0 Å². The van der Waals surface area contributed by atoms with Gasteiger partial charge in [-0.1, -0.05) is 0 Å². The molecule has 0 aliphatic heterocycles. The van der Waals surface area contributed by atoms with E-state index in [-0.39, 0.29) is 0 Å². The summed E-state index contributed by atoms with van der Waals surface area (Å²) in [6.45, 7) is -0.133. The van der Waals surface area contributed by atoms with E-state index in [4.69, 9.17) is 21.1 Å². The molecular formula is C12H20N4O8. The molecule has 136 valence electrons. The van der Waals surface area contributed by atoms with E-state index in [0.717, 1.165) is 0 Å². The van der Waals surface area contributed by atoms with Crippen LogP contribution in [0.4, 0.5) is 0 Å². The Morgan fingerprint density at radius 1 is 0.958 bits per heavy atom. The first-order valence-electron chi connectivity index (χ1n) is 6.77. The normalized spacial score (nSPS) is 14.0. The molecule has 0 aliphatic carbocycles. The lowest BCUT2D eigenvalue weighted by Gasteiger charge is -2.20. The maximum Gasteiger partial charge on any atom is 0.322 e. The summed E-state index contributed by atoms with van der Waals surface area (Å²) in [4.78, 5) is 56.2. The Morgan fingerprint density at radius 3 is 2.00 bits per heavy atom. The summed E-state index contributed by atoms with van der Waals surface area (Å²) in [5.41, 5.74) is 5.26. The second kappa shape index (κ2) is 10.1. The van der Waals surface area contributed by atoms with Gasteiger partial charge in [0.2, 0.25) is 17.7 Å². The molecule has 12 heteroatoms. The average molecular weight is 348 g/mol. The lowest BCUT2D eigenvalue weighted by Crippen LogP contribution is -2.55. The van der Waals surface area contributed by atoms with Gasteiger partial charge in [-0.3, -0.25) is 24.0 Å². The minimum Gasteiger partial charge on any atom is -0.481 e. The Morgan fingerprint density at radius 2 is 1.54 bits per heavy atom. The van der Waals surface area contributed by atoms with Gasteiger partial charge in [-0.2, -0.15) is 0 Å². The monoisotopic (exact) mass is 348 g/mol. The number of aliphatic hydroxyl groups is 1. The summed E-state index contributed by atoms with van der Waals surface area (Å²) < 4.78 is 0. The average Bonchev–Trinajstić information content (AvgIpc) is 2.50. The molecule has 0 aromatic carbocycles. The van der Waals surface area contributed by atoms with Crippen molar-refractivity contribution in [3.05, 3.63) is 0 Å². The van der Waals surface area contributed by atoms with Crippen molar-refractivity contribution in [2.75, 3.05) is 13.2 Å². The van der Waals surface area contributed by atoms with Crippen LogP contribution in [0.3, 0.4) is 0 Å². The molecule has 8 N–H and O–H groups in total. The highest BCUT2D eigenvalue weighted by Gasteiger charge is 2.27. The van der Waals surface area contributed by atoms with E-state index in [2.05, 4.69) is 10.6 Å². The lowest BCUT2D eigenvalue weighted by molar-refractivity contribution is -0.141. The molecule has 12 nitrogen and oxygen atoms in total. The van der Waals surface area contributed by atoms with Crippen LogP contribution < -0.4 is 21.7 Å². The van der Waals surface area contributed by atoms with Crippen LogP contribution in [-0.4, -0.2) is 76.3 Å². The number of carboxylic acid groups (broad SMARTS) is 2.